The summed E-state index contributed by atoms with van der Waals surface area (Å²) in [7, 11) is 0. The molecule has 4 rings (SSSR count). The van der Waals surface area contributed by atoms with Crippen molar-refractivity contribution in [2.24, 2.45) is 10.1 Å². The Morgan fingerprint density at radius 2 is 1.93 bits per heavy atom. The number of thioether (sulfide) groups is 2. The number of carbonyl (C=O) groups excluding carboxylic acids is 1. The molecule has 0 radical (unpaired) electrons. The molecule has 2 heterocycles. The zero-order chi connectivity index (χ0) is 19.5. The molecule has 144 valence electrons. The van der Waals surface area contributed by atoms with Gasteiger partial charge in [0.15, 0.2) is 11.3 Å². The highest BCUT2D eigenvalue weighted by Crippen LogP contribution is 2.31. The minimum atomic E-state index is -0.353. The molecular weight excluding hydrogens is 388 g/mol. The maximum atomic E-state index is 13.0. The zero-order valence-electron chi connectivity index (χ0n) is 15.9. The van der Waals surface area contributed by atoms with Gasteiger partial charge in [-0.25, -0.2) is 5.01 Å². The van der Waals surface area contributed by atoms with Gasteiger partial charge in [0, 0.05) is 15.9 Å². The van der Waals surface area contributed by atoms with Crippen molar-refractivity contribution >= 4 is 40.3 Å². The number of para-hydroxylation sites is 1. The van der Waals surface area contributed by atoms with E-state index in [9.17, 15) is 4.79 Å². The number of fused-ring (bicyclic) bond motifs is 2. The van der Waals surface area contributed by atoms with Crippen LogP contribution in [0.4, 0.5) is 0 Å². The SMILES string of the molecule is CCCCSC1=NN2C(=c3ccccc3=N[C@H]2c2ccc(SC)cc2)C(=O)N1. The molecule has 1 atom stereocenters. The summed E-state index contributed by atoms with van der Waals surface area (Å²) < 4.78 is 0. The summed E-state index contributed by atoms with van der Waals surface area (Å²) in [5.41, 5.74) is 1.57. The molecule has 0 aliphatic carbocycles. The Hall–Kier alpha value is -2.25. The molecule has 7 heteroatoms. The number of hydrogen-bond donors (Lipinski definition) is 1. The van der Waals surface area contributed by atoms with Crippen molar-refractivity contribution in [3.63, 3.8) is 0 Å². The third kappa shape index (κ3) is 3.69. The van der Waals surface area contributed by atoms with E-state index in [2.05, 4.69) is 42.8 Å². The van der Waals surface area contributed by atoms with E-state index in [1.165, 1.54) is 4.90 Å². The molecular formula is C21H22N4OS2. The van der Waals surface area contributed by atoms with Crippen molar-refractivity contribution in [3.8, 4) is 0 Å². The number of nitrogens with zero attached hydrogens (tertiary/aromatic N) is 3. The minimum absolute atomic E-state index is 0.123. The fourth-order valence-corrected chi connectivity index (χ4v) is 4.54. The predicted octanol–water partition coefficient (Wildman–Crippen LogP) is 3.08. The van der Waals surface area contributed by atoms with Crippen molar-refractivity contribution in [1.29, 1.82) is 0 Å². The Labute approximate surface area is 173 Å². The maximum Gasteiger partial charge on any atom is 0.276 e. The van der Waals surface area contributed by atoms with Gasteiger partial charge >= 0.3 is 0 Å². The van der Waals surface area contributed by atoms with Gasteiger partial charge in [-0.15, -0.1) is 16.9 Å². The second kappa shape index (κ2) is 8.41. The van der Waals surface area contributed by atoms with Gasteiger partial charge in [-0.1, -0.05) is 55.4 Å². The van der Waals surface area contributed by atoms with Gasteiger partial charge in [0.05, 0.1) is 5.36 Å². The number of nitrogens with one attached hydrogen (secondary N) is 1. The van der Waals surface area contributed by atoms with Crippen molar-refractivity contribution in [2.75, 3.05) is 12.0 Å². The smallest absolute Gasteiger partial charge is 0.276 e. The van der Waals surface area contributed by atoms with Crippen LogP contribution in [0.2, 0.25) is 0 Å². The molecule has 5 nitrogen and oxygen atoms in total. The highest BCUT2D eigenvalue weighted by atomic mass is 32.2. The van der Waals surface area contributed by atoms with Crippen molar-refractivity contribution in [2.45, 2.75) is 30.8 Å². The Bertz CT molecular complexity index is 1030. The van der Waals surface area contributed by atoms with E-state index >= 15 is 0 Å². The molecule has 28 heavy (non-hydrogen) atoms. The van der Waals surface area contributed by atoms with Crippen LogP contribution in [0, 0.1) is 0 Å². The first-order valence-electron chi connectivity index (χ1n) is 9.34. The molecule has 2 aromatic carbocycles. The number of hydrazone groups is 1. The lowest BCUT2D eigenvalue weighted by molar-refractivity contribution is -0.116. The van der Waals surface area contributed by atoms with E-state index in [-0.39, 0.29) is 12.1 Å². The largest absolute Gasteiger partial charge is 0.298 e. The standard InChI is InChI=1S/C21H22N4OS2/c1-3-4-13-28-21-23-20(26)18-16-7-5-6-8-17(16)22-19(25(18)24-21)14-9-11-15(27-2)12-10-14/h5-12,19H,3-4,13H2,1-2H3,(H,23,24,26)/t19-/m1/s1. The van der Waals surface area contributed by atoms with E-state index < -0.39 is 0 Å². The molecule has 0 saturated carbocycles. The Morgan fingerprint density at radius 3 is 2.68 bits per heavy atom. The van der Waals surface area contributed by atoms with Gasteiger partial charge in [0.1, 0.15) is 5.70 Å². The number of amidine groups is 1. The van der Waals surface area contributed by atoms with Gasteiger partial charge < -0.3 is 0 Å². The lowest BCUT2D eigenvalue weighted by Gasteiger charge is -2.34. The number of carbonyl (C=O) groups is 1. The number of rotatable bonds is 5. The van der Waals surface area contributed by atoms with Crippen LogP contribution in [0.1, 0.15) is 31.5 Å². The molecule has 0 spiro atoms. The van der Waals surface area contributed by atoms with Crippen LogP contribution in [-0.4, -0.2) is 28.1 Å². The van der Waals surface area contributed by atoms with E-state index in [0.717, 1.165) is 34.7 Å². The normalized spacial score (nSPS) is 18.0. The Kier molecular flexibility index (Phi) is 5.73. The lowest BCUT2D eigenvalue weighted by Crippen LogP contribution is -2.50. The highest BCUT2D eigenvalue weighted by Gasteiger charge is 2.34. The molecule has 1 N–H and O–H groups in total. The summed E-state index contributed by atoms with van der Waals surface area (Å²) in [5.74, 6) is 0.807. The molecule has 0 unspecified atom stereocenters. The molecule has 0 aromatic heterocycles. The first-order valence-corrected chi connectivity index (χ1v) is 11.6. The quantitative estimate of drug-likeness (QED) is 0.608. The summed E-state index contributed by atoms with van der Waals surface area (Å²) in [6.07, 6.45) is 3.90. The second-order valence-electron chi connectivity index (χ2n) is 6.55. The van der Waals surface area contributed by atoms with Crippen molar-refractivity contribution < 1.29 is 4.79 Å². The number of benzene rings is 2. The van der Waals surface area contributed by atoms with Crippen LogP contribution in [0.3, 0.4) is 0 Å². The summed E-state index contributed by atoms with van der Waals surface area (Å²) in [6.45, 7) is 2.16. The molecule has 0 saturated heterocycles. The van der Waals surface area contributed by atoms with Crippen LogP contribution in [0.15, 0.2) is 63.5 Å². The molecule has 0 fully saturated rings. The van der Waals surface area contributed by atoms with Crippen LogP contribution < -0.4 is 15.9 Å². The third-order valence-electron chi connectivity index (χ3n) is 4.67. The first-order chi connectivity index (χ1) is 13.7. The molecule has 2 aliphatic heterocycles. The van der Waals surface area contributed by atoms with Gasteiger partial charge in [0.2, 0.25) is 0 Å². The summed E-state index contributed by atoms with van der Waals surface area (Å²) in [4.78, 5) is 19.1. The lowest BCUT2D eigenvalue weighted by atomic mass is 10.1. The molecule has 2 aromatic rings. The van der Waals surface area contributed by atoms with Crippen LogP contribution in [-0.2, 0) is 4.79 Å². The summed E-state index contributed by atoms with van der Waals surface area (Å²) in [5, 5.41) is 11.8. The molecule has 0 bridgehead atoms. The molecule has 2 aliphatic rings. The fraction of sp³-hybridized carbons (Fsp3) is 0.286. The van der Waals surface area contributed by atoms with Crippen molar-refractivity contribution in [3.05, 3.63) is 64.7 Å². The van der Waals surface area contributed by atoms with Crippen LogP contribution >= 0.6 is 23.5 Å². The van der Waals surface area contributed by atoms with Gasteiger partial charge in [-0.2, -0.15) is 0 Å². The number of hydrogen-bond acceptors (Lipinski definition) is 6. The average Bonchev–Trinajstić information content (AvgIpc) is 2.73. The van der Waals surface area contributed by atoms with E-state index in [0.29, 0.717) is 10.9 Å². The van der Waals surface area contributed by atoms with E-state index in [1.807, 2.05) is 24.3 Å². The monoisotopic (exact) mass is 410 g/mol. The topological polar surface area (TPSA) is 57.1 Å². The maximum absolute atomic E-state index is 13.0. The van der Waals surface area contributed by atoms with E-state index in [1.54, 1.807) is 28.5 Å². The molecule has 1 amide bonds. The van der Waals surface area contributed by atoms with E-state index in [4.69, 9.17) is 10.1 Å². The number of amides is 1. The Balaban J connectivity index is 1.81. The first kappa shape index (κ1) is 19.1. The van der Waals surface area contributed by atoms with Crippen LogP contribution in [0.25, 0.3) is 5.70 Å². The third-order valence-corrected chi connectivity index (χ3v) is 6.36. The predicted molar refractivity (Wildman–Crippen MR) is 116 cm³/mol. The number of unbranched alkanes of at least 4 members (excludes halogenated alkanes) is 1. The minimum Gasteiger partial charge on any atom is -0.298 e. The van der Waals surface area contributed by atoms with Crippen molar-refractivity contribution in [1.82, 2.24) is 10.3 Å². The van der Waals surface area contributed by atoms with Gasteiger partial charge in [-0.3, -0.25) is 15.1 Å². The van der Waals surface area contributed by atoms with Crippen LogP contribution in [0.5, 0.6) is 0 Å². The summed E-state index contributed by atoms with van der Waals surface area (Å²) >= 11 is 3.29. The summed E-state index contributed by atoms with van der Waals surface area (Å²) in [6, 6.07) is 16.1. The highest BCUT2D eigenvalue weighted by molar-refractivity contribution is 8.13. The second-order valence-corrected chi connectivity index (χ2v) is 8.51. The average molecular weight is 411 g/mol. The zero-order valence-corrected chi connectivity index (χ0v) is 17.5. The fourth-order valence-electron chi connectivity index (χ4n) is 3.20. The van der Waals surface area contributed by atoms with Gasteiger partial charge in [0.25, 0.3) is 5.91 Å². The Morgan fingerprint density at radius 1 is 1.14 bits per heavy atom. The van der Waals surface area contributed by atoms with Gasteiger partial charge in [-0.05, 0) is 36.4 Å².